The molecule has 108 valence electrons. The number of hydrogen-bond acceptors (Lipinski definition) is 4. The molecule has 0 spiro atoms. The zero-order chi connectivity index (χ0) is 14.8. The summed E-state index contributed by atoms with van der Waals surface area (Å²) in [6.45, 7) is 2.93. The van der Waals surface area contributed by atoms with Gasteiger partial charge in [0.05, 0.1) is 17.6 Å². The van der Waals surface area contributed by atoms with Crippen LogP contribution < -0.4 is 0 Å². The molecule has 0 bridgehead atoms. The number of para-hydroxylation sites is 2. The van der Waals surface area contributed by atoms with Gasteiger partial charge in [-0.25, -0.2) is 13.4 Å². The molecule has 5 nitrogen and oxygen atoms in total. The van der Waals surface area contributed by atoms with E-state index < -0.39 is 9.84 Å². The first-order chi connectivity index (χ1) is 9.43. The smallest absolute Gasteiger partial charge is 0.228 e. The van der Waals surface area contributed by atoms with E-state index in [1.54, 1.807) is 11.7 Å². The van der Waals surface area contributed by atoms with Gasteiger partial charge in [-0.05, 0) is 19.1 Å². The minimum atomic E-state index is -3.36. The molecule has 1 heterocycles. The van der Waals surface area contributed by atoms with Crippen LogP contribution in [0, 0.1) is 0 Å². The van der Waals surface area contributed by atoms with Crippen LogP contribution in [-0.4, -0.2) is 37.9 Å². The summed E-state index contributed by atoms with van der Waals surface area (Å²) < 4.78 is 30.5. The molecule has 2 rings (SSSR count). The quantitative estimate of drug-likeness (QED) is 0.792. The number of ether oxygens (including phenoxy) is 1. The lowest BCUT2D eigenvalue weighted by molar-refractivity contribution is 0.225. The summed E-state index contributed by atoms with van der Waals surface area (Å²) in [6, 6.07) is 7.40. The fourth-order valence-corrected chi connectivity index (χ4v) is 2.88. The molecule has 1 aromatic carbocycles. The van der Waals surface area contributed by atoms with Gasteiger partial charge in [0, 0.05) is 19.9 Å². The highest BCUT2D eigenvalue weighted by Crippen LogP contribution is 2.19. The van der Waals surface area contributed by atoms with Gasteiger partial charge in [0.15, 0.2) is 0 Å². The monoisotopic (exact) mass is 294 g/mol. The fourth-order valence-electron chi connectivity index (χ4n) is 2.05. The molecule has 0 amide bonds. The van der Waals surface area contributed by atoms with E-state index in [1.807, 2.05) is 37.3 Å². The van der Waals surface area contributed by atoms with Crippen LogP contribution in [0.1, 0.15) is 6.92 Å². The van der Waals surface area contributed by atoms with E-state index in [0.29, 0.717) is 18.7 Å². The average Bonchev–Trinajstić information content (AvgIpc) is 2.75. The van der Waals surface area contributed by atoms with Gasteiger partial charge in [-0.15, -0.1) is 0 Å². The lowest BCUT2D eigenvalue weighted by Gasteiger charge is -2.06. The Morgan fingerprint density at radius 3 is 2.75 bits per heavy atom. The summed E-state index contributed by atoms with van der Waals surface area (Å²) >= 11 is 0. The average molecular weight is 294 g/mol. The molecular formula is C14H18N2O3S. The normalized spacial score (nSPS) is 13.1. The van der Waals surface area contributed by atoms with E-state index in [0.717, 1.165) is 11.1 Å². The highest BCUT2D eigenvalue weighted by atomic mass is 32.2. The van der Waals surface area contributed by atoms with Crippen molar-refractivity contribution in [3.63, 3.8) is 0 Å². The predicted molar refractivity (Wildman–Crippen MR) is 78.5 cm³/mol. The first-order valence-corrected chi connectivity index (χ1v) is 8.12. The van der Waals surface area contributed by atoms with E-state index in [4.69, 9.17) is 4.74 Å². The third-order valence-electron chi connectivity index (χ3n) is 2.95. The van der Waals surface area contributed by atoms with Crippen molar-refractivity contribution in [3.05, 3.63) is 35.9 Å². The van der Waals surface area contributed by atoms with Crippen molar-refractivity contribution < 1.29 is 13.2 Å². The van der Waals surface area contributed by atoms with E-state index in [1.165, 1.54) is 6.26 Å². The first kappa shape index (κ1) is 14.7. The van der Waals surface area contributed by atoms with Crippen molar-refractivity contribution in [2.24, 2.45) is 0 Å². The van der Waals surface area contributed by atoms with Gasteiger partial charge in [-0.2, -0.15) is 0 Å². The summed E-state index contributed by atoms with van der Waals surface area (Å²) in [7, 11) is -1.73. The van der Waals surface area contributed by atoms with Gasteiger partial charge >= 0.3 is 0 Å². The van der Waals surface area contributed by atoms with Crippen molar-refractivity contribution in [1.82, 2.24) is 9.55 Å². The zero-order valence-electron chi connectivity index (χ0n) is 11.8. The standard InChI is InChI=1S/C14H18N2O3S/c1-11(10-19-2)8-9-16-13-7-5-4-6-12(13)15-14(16)20(3,17)18/h4-8H,9-10H2,1-3H3/b11-8-. The lowest BCUT2D eigenvalue weighted by atomic mass is 10.3. The molecule has 0 saturated carbocycles. The molecule has 0 unspecified atom stereocenters. The molecule has 0 aliphatic rings. The second kappa shape index (κ2) is 5.76. The van der Waals surface area contributed by atoms with Crippen LogP contribution in [0.5, 0.6) is 0 Å². The lowest BCUT2D eigenvalue weighted by Crippen LogP contribution is -2.09. The van der Waals surface area contributed by atoms with Crippen molar-refractivity contribution in [1.29, 1.82) is 0 Å². The van der Waals surface area contributed by atoms with Gasteiger partial charge < -0.3 is 9.30 Å². The predicted octanol–water partition coefficient (Wildman–Crippen LogP) is 2.03. The van der Waals surface area contributed by atoms with Gasteiger partial charge in [-0.1, -0.05) is 23.8 Å². The van der Waals surface area contributed by atoms with Crippen LogP contribution in [0.2, 0.25) is 0 Å². The number of sulfone groups is 1. The van der Waals surface area contributed by atoms with Gasteiger partial charge in [0.25, 0.3) is 0 Å². The van der Waals surface area contributed by atoms with E-state index in [-0.39, 0.29) is 5.16 Å². The summed E-state index contributed by atoms with van der Waals surface area (Å²) in [6.07, 6.45) is 3.13. The van der Waals surface area contributed by atoms with Crippen LogP contribution in [0.15, 0.2) is 41.1 Å². The highest BCUT2D eigenvalue weighted by Gasteiger charge is 2.18. The maximum Gasteiger partial charge on any atom is 0.228 e. The Kier molecular flexibility index (Phi) is 4.25. The molecule has 0 N–H and O–H groups in total. The molecule has 0 saturated heterocycles. The third-order valence-corrected chi connectivity index (χ3v) is 3.92. The van der Waals surface area contributed by atoms with Gasteiger partial charge in [-0.3, -0.25) is 0 Å². The van der Waals surface area contributed by atoms with E-state index >= 15 is 0 Å². The molecular weight excluding hydrogens is 276 g/mol. The largest absolute Gasteiger partial charge is 0.380 e. The van der Waals surface area contributed by atoms with E-state index in [2.05, 4.69) is 4.98 Å². The van der Waals surface area contributed by atoms with Crippen molar-refractivity contribution in [2.45, 2.75) is 18.6 Å². The number of benzene rings is 1. The highest BCUT2D eigenvalue weighted by molar-refractivity contribution is 7.90. The number of imidazole rings is 1. The molecule has 0 aliphatic heterocycles. The van der Waals surface area contributed by atoms with Gasteiger partial charge in [0.2, 0.25) is 15.0 Å². The Morgan fingerprint density at radius 2 is 2.10 bits per heavy atom. The SMILES string of the molecule is COC/C(C)=C\Cn1c(S(C)(=O)=O)nc2ccccc21. The molecule has 20 heavy (non-hydrogen) atoms. The van der Waals surface area contributed by atoms with Crippen molar-refractivity contribution in [3.8, 4) is 0 Å². The first-order valence-electron chi connectivity index (χ1n) is 6.23. The number of allylic oxidation sites excluding steroid dienone is 1. The Balaban J connectivity index is 2.52. The molecule has 6 heteroatoms. The second-order valence-corrected chi connectivity index (χ2v) is 6.66. The topological polar surface area (TPSA) is 61.2 Å². The van der Waals surface area contributed by atoms with Crippen LogP contribution >= 0.6 is 0 Å². The molecule has 0 radical (unpaired) electrons. The number of fused-ring (bicyclic) bond motifs is 1. The van der Waals surface area contributed by atoms with Crippen LogP contribution in [0.3, 0.4) is 0 Å². The summed E-state index contributed by atoms with van der Waals surface area (Å²) in [4.78, 5) is 4.22. The summed E-state index contributed by atoms with van der Waals surface area (Å²) in [5.41, 5.74) is 2.55. The van der Waals surface area contributed by atoms with Crippen LogP contribution in [0.25, 0.3) is 11.0 Å². The third kappa shape index (κ3) is 3.08. The zero-order valence-corrected chi connectivity index (χ0v) is 12.6. The fraction of sp³-hybridized carbons (Fsp3) is 0.357. The van der Waals surface area contributed by atoms with Gasteiger partial charge in [0.1, 0.15) is 0 Å². The van der Waals surface area contributed by atoms with Crippen molar-refractivity contribution >= 4 is 20.9 Å². The molecule has 1 aromatic heterocycles. The maximum atomic E-state index is 11.9. The summed E-state index contributed by atoms with van der Waals surface area (Å²) in [5, 5.41) is 0.0974. The Bertz CT molecular complexity index is 745. The maximum absolute atomic E-state index is 11.9. The molecule has 0 fully saturated rings. The minimum absolute atomic E-state index is 0.0974. The Labute approximate surface area is 118 Å². The number of nitrogens with zero attached hydrogens (tertiary/aromatic N) is 2. The van der Waals surface area contributed by atoms with E-state index in [9.17, 15) is 8.42 Å². The number of hydrogen-bond donors (Lipinski definition) is 0. The Hall–Kier alpha value is -1.66. The Morgan fingerprint density at radius 1 is 1.40 bits per heavy atom. The molecule has 0 aliphatic carbocycles. The minimum Gasteiger partial charge on any atom is -0.380 e. The number of methoxy groups -OCH3 is 1. The second-order valence-electron chi connectivity index (χ2n) is 4.75. The number of rotatable bonds is 5. The number of aromatic nitrogens is 2. The molecule has 0 atom stereocenters. The van der Waals surface area contributed by atoms with Crippen LogP contribution in [-0.2, 0) is 21.1 Å². The van der Waals surface area contributed by atoms with Crippen molar-refractivity contribution in [2.75, 3.05) is 20.0 Å². The summed E-state index contributed by atoms with van der Waals surface area (Å²) in [5.74, 6) is 0. The molecule has 2 aromatic rings. The van der Waals surface area contributed by atoms with Crippen LogP contribution in [0.4, 0.5) is 0 Å².